The van der Waals surface area contributed by atoms with Gasteiger partial charge < -0.3 is 24.4 Å². The van der Waals surface area contributed by atoms with Gasteiger partial charge in [0.25, 0.3) is 0 Å². The van der Waals surface area contributed by atoms with Gasteiger partial charge in [-0.15, -0.1) is 0 Å². The molecule has 1 aromatic heterocycles. The van der Waals surface area contributed by atoms with Crippen molar-refractivity contribution >= 4 is 51.7 Å². The lowest BCUT2D eigenvalue weighted by Gasteiger charge is -2.48. The van der Waals surface area contributed by atoms with Crippen molar-refractivity contribution in [1.82, 2.24) is 14.9 Å². The number of nitrogens with one attached hydrogen (secondary N) is 1. The Labute approximate surface area is 236 Å². The predicted octanol–water partition coefficient (Wildman–Crippen LogP) is 7.53. The first-order valence-corrected chi connectivity index (χ1v) is 13.7. The SMILES string of the molecule is COc1cc2ncnc(Nc3ccc(Cl)c(Cl)c3F)c2cc1OC1CC2CCCC(C1)N2C(=O)OC(C)(C)C. The monoisotopic (exact) mass is 576 g/mol. The Morgan fingerprint density at radius 3 is 2.49 bits per heavy atom. The third-order valence-corrected chi connectivity index (χ3v) is 7.82. The largest absolute Gasteiger partial charge is 0.493 e. The van der Waals surface area contributed by atoms with E-state index in [2.05, 4.69) is 15.3 Å². The van der Waals surface area contributed by atoms with Gasteiger partial charge in [-0.2, -0.15) is 0 Å². The summed E-state index contributed by atoms with van der Waals surface area (Å²) in [5.41, 5.74) is 0.171. The number of fused-ring (bicyclic) bond motifs is 3. The van der Waals surface area contributed by atoms with Gasteiger partial charge in [-0.25, -0.2) is 19.2 Å². The van der Waals surface area contributed by atoms with Crippen LogP contribution in [0, 0.1) is 5.82 Å². The third kappa shape index (κ3) is 5.79. The zero-order valence-corrected chi connectivity index (χ0v) is 23.8. The summed E-state index contributed by atoms with van der Waals surface area (Å²) in [5, 5.41) is 3.56. The van der Waals surface area contributed by atoms with Gasteiger partial charge in [0, 0.05) is 36.4 Å². The van der Waals surface area contributed by atoms with Crippen molar-refractivity contribution in [3.8, 4) is 11.5 Å². The molecule has 8 nitrogen and oxygen atoms in total. The van der Waals surface area contributed by atoms with E-state index in [0.717, 1.165) is 19.3 Å². The van der Waals surface area contributed by atoms with Crippen molar-refractivity contribution in [2.75, 3.05) is 12.4 Å². The lowest BCUT2D eigenvalue weighted by molar-refractivity contribution is -0.0408. The number of aromatic nitrogens is 2. The van der Waals surface area contributed by atoms with Crippen LogP contribution >= 0.6 is 23.2 Å². The molecule has 0 aliphatic carbocycles. The number of rotatable bonds is 5. The molecule has 2 atom stereocenters. The summed E-state index contributed by atoms with van der Waals surface area (Å²) in [4.78, 5) is 23.6. The number of amides is 1. The number of ether oxygens (including phenoxy) is 3. The minimum Gasteiger partial charge on any atom is -0.493 e. The number of methoxy groups -OCH3 is 1. The summed E-state index contributed by atoms with van der Waals surface area (Å²) in [5.74, 6) is 0.740. The molecule has 1 N–H and O–H groups in total. The van der Waals surface area contributed by atoms with E-state index in [-0.39, 0.29) is 40.0 Å². The van der Waals surface area contributed by atoms with Crippen LogP contribution in [0.1, 0.15) is 52.9 Å². The molecule has 3 aromatic rings. The van der Waals surface area contributed by atoms with Gasteiger partial charge in [0.05, 0.1) is 28.4 Å². The fourth-order valence-electron chi connectivity index (χ4n) is 5.39. The van der Waals surface area contributed by atoms with Gasteiger partial charge in [-0.1, -0.05) is 23.2 Å². The summed E-state index contributed by atoms with van der Waals surface area (Å²) >= 11 is 11.9. The van der Waals surface area contributed by atoms with E-state index in [0.29, 0.717) is 41.1 Å². The summed E-state index contributed by atoms with van der Waals surface area (Å²) in [6, 6.07) is 6.65. The van der Waals surface area contributed by atoms with Crippen LogP contribution in [-0.4, -0.2) is 51.9 Å². The number of hydrogen-bond acceptors (Lipinski definition) is 7. The second-order valence-electron chi connectivity index (χ2n) is 10.9. The zero-order chi connectivity index (χ0) is 27.9. The van der Waals surface area contributed by atoms with Crippen LogP contribution in [-0.2, 0) is 4.74 Å². The Morgan fingerprint density at radius 1 is 1.10 bits per heavy atom. The fraction of sp³-hybridized carbons (Fsp3) is 0.464. The normalized spacial score (nSPS) is 21.0. The molecule has 3 heterocycles. The minimum absolute atomic E-state index is 0.0435. The highest BCUT2D eigenvalue weighted by atomic mass is 35.5. The molecule has 1 amide bonds. The Morgan fingerprint density at radius 2 is 1.82 bits per heavy atom. The van der Waals surface area contributed by atoms with Crippen LogP contribution in [0.4, 0.5) is 20.7 Å². The first kappa shape index (κ1) is 27.5. The van der Waals surface area contributed by atoms with Crippen LogP contribution in [0.15, 0.2) is 30.6 Å². The molecular weight excluding hydrogens is 546 g/mol. The molecule has 2 aliphatic heterocycles. The van der Waals surface area contributed by atoms with Crippen LogP contribution in [0.3, 0.4) is 0 Å². The molecule has 2 unspecified atom stereocenters. The van der Waals surface area contributed by atoms with E-state index in [4.69, 9.17) is 37.4 Å². The number of anilines is 2. The van der Waals surface area contributed by atoms with Crippen LogP contribution < -0.4 is 14.8 Å². The molecular formula is C28H31Cl2FN4O4. The minimum atomic E-state index is -0.677. The molecule has 5 rings (SSSR count). The summed E-state index contributed by atoms with van der Waals surface area (Å²) < 4.78 is 32.6. The highest BCUT2D eigenvalue weighted by Gasteiger charge is 2.43. The van der Waals surface area contributed by atoms with E-state index < -0.39 is 11.4 Å². The maximum absolute atomic E-state index is 14.7. The van der Waals surface area contributed by atoms with E-state index in [1.165, 1.54) is 18.5 Å². The van der Waals surface area contributed by atoms with Crippen molar-refractivity contribution in [2.45, 2.75) is 76.7 Å². The van der Waals surface area contributed by atoms with Gasteiger partial charge >= 0.3 is 6.09 Å². The zero-order valence-electron chi connectivity index (χ0n) is 22.3. The maximum atomic E-state index is 14.7. The lowest BCUT2D eigenvalue weighted by atomic mass is 9.83. The highest BCUT2D eigenvalue weighted by molar-refractivity contribution is 6.42. The second-order valence-corrected chi connectivity index (χ2v) is 11.7. The van der Waals surface area contributed by atoms with Crippen LogP contribution in [0.2, 0.25) is 10.0 Å². The van der Waals surface area contributed by atoms with Crippen molar-refractivity contribution < 1.29 is 23.4 Å². The van der Waals surface area contributed by atoms with Crippen LogP contribution in [0.25, 0.3) is 10.9 Å². The van der Waals surface area contributed by atoms with Crippen molar-refractivity contribution in [1.29, 1.82) is 0 Å². The van der Waals surface area contributed by atoms with Gasteiger partial charge in [0.2, 0.25) is 0 Å². The smallest absolute Gasteiger partial charge is 0.410 e. The van der Waals surface area contributed by atoms with Gasteiger partial charge in [-0.05, 0) is 58.2 Å². The molecule has 2 bridgehead atoms. The number of benzene rings is 2. The summed E-state index contributed by atoms with van der Waals surface area (Å²) in [6.07, 6.45) is 5.24. The lowest BCUT2D eigenvalue weighted by Crippen LogP contribution is -2.57. The van der Waals surface area contributed by atoms with Crippen LogP contribution in [0.5, 0.6) is 11.5 Å². The molecule has 11 heteroatoms. The number of nitrogens with zero attached hydrogens (tertiary/aromatic N) is 3. The molecule has 208 valence electrons. The average Bonchev–Trinajstić information content (AvgIpc) is 2.87. The molecule has 2 saturated heterocycles. The quantitative estimate of drug-likeness (QED) is 0.314. The molecule has 39 heavy (non-hydrogen) atoms. The first-order chi connectivity index (χ1) is 18.5. The number of halogens is 3. The Hall–Kier alpha value is -3.04. The topological polar surface area (TPSA) is 85.8 Å². The van der Waals surface area contributed by atoms with E-state index in [9.17, 15) is 9.18 Å². The summed E-state index contributed by atoms with van der Waals surface area (Å²) in [6.45, 7) is 5.64. The van der Waals surface area contributed by atoms with E-state index in [1.54, 1.807) is 19.2 Å². The number of carbonyl (C=O) groups is 1. The standard InChI is InChI=1S/C28H31Cl2FN4O4/c1-28(2,3)39-27(36)35-15-6-5-7-16(35)11-17(10-15)38-23-12-18-21(13-22(23)37-4)32-14-33-26(18)34-20-9-8-19(29)24(30)25(20)31/h8-9,12-17H,5-7,10-11H2,1-4H3,(H,32,33,34). The molecule has 0 radical (unpaired) electrons. The highest BCUT2D eigenvalue weighted by Crippen LogP contribution is 2.41. The van der Waals surface area contributed by atoms with Gasteiger partial charge in [0.1, 0.15) is 23.9 Å². The Kier molecular flexibility index (Phi) is 7.66. The molecule has 0 saturated carbocycles. The Bertz CT molecular complexity index is 1390. The van der Waals surface area contributed by atoms with Crippen molar-refractivity contribution in [3.63, 3.8) is 0 Å². The number of piperidine rings is 2. The third-order valence-electron chi connectivity index (χ3n) is 7.04. The predicted molar refractivity (Wildman–Crippen MR) is 149 cm³/mol. The second kappa shape index (κ2) is 10.8. The fourth-order valence-corrected chi connectivity index (χ4v) is 5.70. The number of hydrogen-bond donors (Lipinski definition) is 1. The van der Waals surface area contributed by atoms with E-state index >= 15 is 0 Å². The molecule has 2 fully saturated rings. The number of carbonyl (C=O) groups excluding carboxylic acids is 1. The summed E-state index contributed by atoms with van der Waals surface area (Å²) in [7, 11) is 1.57. The first-order valence-electron chi connectivity index (χ1n) is 13.0. The Balaban J connectivity index is 1.41. The molecule has 2 aliphatic rings. The molecule has 0 spiro atoms. The van der Waals surface area contributed by atoms with Gasteiger partial charge in [0.15, 0.2) is 17.3 Å². The molecule has 2 aromatic carbocycles. The van der Waals surface area contributed by atoms with Crippen molar-refractivity contribution in [2.24, 2.45) is 0 Å². The average molecular weight is 577 g/mol. The maximum Gasteiger partial charge on any atom is 0.410 e. The van der Waals surface area contributed by atoms with Gasteiger partial charge in [-0.3, -0.25) is 0 Å². The van der Waals surface area contributed by atoms with E-state index in [1.807, 2.05) is 25.7 Å². The van der Waals surface area contributed by atoms with Crippen molar-refractivity contribution in [3.05, 3.63) is 46.5 Å².